The lowest BCUT2D eigenvalue weighted by molar-refractivity contribution is 0.149. The quantitative estimate of drug-likeness (QED) is 0.759. The van der Waals surface area contributed by atoms with Crippen LogP contribution in [0.5, 0.6) is 0 Å². The van der Waals surface area contributed by atoms with Crippen LogP contribution in [0.1, 0.15) is 30.5 Å². The van der Waals surface area contributed by atoms with Crippen LogP contribution in [0.25, 0.3) is 0 Å². The van der Waals surface area contributed by atoms with E-state index in [4.69, 9.17) is 0 Å². The number of aromatic nitrogens is 1. The smallest absolute Gasteiger partial charge is 0.0897 e. The Labute approximate surface area is 76.3 Å². The fourth-order valence-electron chi connectivity index (χ4n) is 1.61. The summed E-state index contributed by atoms with van der Waals surface area (Å²) in [4.78, 5) is 4.42. The van der Waals surface area contributed by atoms with Crippen molar-refractivity contribution in [3.05, 3.63) is 16.1 Å². The Morgan fingerprint density at radius 3 is 2.67 bits per heavy atom. The maximum atomic E-state index is 9.57. The Kier molecular flexibility index (Phi) is 1.73. The van der Waals surface area contributed by atoms with Crippen LogP contribution in [0.2, 0.25) is 0 Å². The molecule has 0 radical (unpaired) electrons. The third-order valence-corrected chi connectivity index (χ3v) is 3.49. The zero-order valence-corrected chi connectivity index (χ0v) is 8.19. The van der Waals surface area contributed by atoms with Gasteiger partial charge in [-0.2, -0.15) is 0 Å². The zero-order valence-electron chi connectivity index (χ0n) is 7.37. The Morgan fingerprint density at radius 2 is 2.33 bits per heavy atom. The first kappa shape index (κ1) is 8.20. The van der Waals surface area contributed by atoms with Gasteiger partial charge in [0.15, 0.2) is 0 Å². The van der Waals surface area contributed by atoms with Crippen molar-refractivity contribution in [3.8, 4) is 0 Å². The van der Waals surface area contributed by atoms with Crippen molar-refractivity contribution in [2.24, 2.45) is 0 Å². The average molecular weight is 183 g/mol. The van der Waals surface area contributed by atoms with Crippen LogP contribution in [-0.2, 0) is 5.41 Å². The maximum absolute atomic E-state index is 9.57. The van der Waals surface area contributed by atoms with E-state index in [0.29, 0.717) is 0 Å². The van der Waals surface area contributed by atoms with Gasteiger partial charge in [-0.25, -0.2) is 4.98 Å². The van der Waals surface area contributed by atoms with Crippen molar-refractivity contribution in [3.63, 3.8) is 0 Å². The molecule has 2 nitrogen and oxygen atoms in total. The van der Waals surface area contributed by atoms with E-state index in [9.17, 15) is 5.11 Å². The second-order valence-electron chi connectivity index (χ2n) is 3.58. The molecule has 0 bridgehead atoms. The minimum absolute atomic E-state index is 0.0186. The van der Waals surface area contributed by atoms with Gasteiger partial charge in [-0.3, -0.25) is 0 Å². The average Bonchev–Trinajstić information content (AvgIpc) is 2.71. The number of hydrogen-bond donors (Lipinski definition) is 1. The molecule has 1 saturated carbocycles. The molecule has 3 heteroatoms. The lowest BCUT2D eigenvalue weighted by Crippen LogP contribution is -2.22. The first-order chi connectivity index (χ1) is 5.65. The van der Waals surface area contributed by atoms with E-state index in [1.165, 1.54) is 0 Å². The van der Waals surface area contributed by atoms with Gasteiger partial charge in [0.05, 0.1) is 16.8 Å². The van der Waals surface area contributed by atoms with Crippen LogP contribution < -0.4 is 0 Å². The summed E-state index contributed by atoms with van der Waals surface area (Å²) in [6, 6.07) is 0. The highest BCUT2D eigenvalue weighted by Crippen LogP contribution is 2.50. The zero-order chi connectivity index (χ0) is 8.77. The molecule has 0 spiro atoms. The Morgan fingerprint density at radius 1 is 1.67 bits per heavy atom. The van der Waals surface area contributed by atoms with E-state index >= 15 is 0 Å². The molecule has 1 aromatic rings. The largest absolute Gasteiger partial charge is 0.392 e. The molecular weight excluding hydrogens is 170 g/mol. The minimum atomic E-state index is -0.251. The molecule has 66 valence electrons. The number of thiazole rings is 1. The van der Waals surface area contributed by atoms with Gasteiger partial charge in [0.2, 0.25) is 0 Å². The fourth-order valence-corrected chi connectivity index (χ4v) is 2.34. The fraction of sp³-hybridized carbons (Fsp3) is 0.667. The molecule has 1 N–H and O–H groups in total. The summed E-state index contributed by atoms with van der Waals surface area (Å²) in [6.45, 7) is 3.87. The normalized spacial score (nSPS) is 22.2. The predicted molar refractivity (Wildman–Crippen MR) is 49.4 cm³/mol. The lowest BCUT2D eigenvalue weighted by atomic mass is 9.97. The van der Waals surface area contributed by atoms with Crippen molar-refractivity contribution in [2.75, 3.05) is 0 Å². The summed E-state index contributed by atoms with van der Waals surface area (Å²) in [5.74, 6) is 0. The molecular formula is C9H13NOS. The van der Waals surface area contributed by atoms with Crippen molar-refractivity contribution in [1.82, 2.24) is 4.98 Å². The van der Waals surface area contributed by atoms with Gasteiger partial charge in [-0.1, -0.05) is 0 Å². The first-order valence-corrected chi connectivity index (χ1v) is 5.14. The molecule has 1 atom stereocenters. The predicted octanol–water partition coefficient (Wildman–Crippen LogP) is 1.86. The Balaban J connectivity index is 2.30. The van der Waals surface area contributed by atoms with Crippen LogP contribution in [0, 0.1) is 6.92 Å². The van der Waals surface area contributed by atoms with Crippen molar-refractivity contribution < 1.29 is 5.11 Å². The first-order valence-electron chi connectivity index (χ1n) is 4.26. The third-order valence-electron chi connectivity index (χ3n) is 2.72. The van der Waals surface area contributed by atoms with Crippen molar-refractivity contribution in [2.45, 2.75) is 38.2 Å². The van der Waals surface area contributed by atoms with Crippen LogP contribution >= 0.6 is 11.3 Å². The Bertz CT molecular complexity index is 288. The number of hydrogen-bond acceptors (Lipinski definition) is 3. The molecule has 12 heavy (non-hydrogen) atoms. The van der Waals surface area contributed by atoms with E-state index in [1.807, 2.05) is 13.8 Å². The highest BCUT2D eigenvalue weighted by Gasteiger charge is 2.50. The molecule has 1 heterocycles. The summed E-state index contributed by atoms with van der Waals surface area (Å²) in [5.41, 5.74) is 1.12. The van der Waals surface area contributed by atoms with E-state index in [2.05, 4.69) is 10.4 Å². The summed E-state index contributed by atoms with van der Waals surface area (Å²) < 4.78 is 0. The van der Waals surface area contributed by atoms with Gasteiger partial charge in [0, 0.05) is 10.8 Å². The highest BCUT2D eigenvalue weighted by atomic mass is 32.1. The summed E-state index contributed by atoms with van der Waals surface area (Å²) in [5, 5.41) is 12.7. The highest BCUT2D eigenvalue weighted by molar-refractivity contribution is 7.09. The number of aliphatic hydroxyl groups is 1. The number of aliphatic hydroxyl groups excluding tert-OH is 1. The van der Waals surface area contributed by atoms with Crippen LogP contribution in [0.3, 0.4) is 0 Å². The van der Waals surface area contributed by atoms with Gasteiger partial charge in [-0.05, 0) is 26.7 Å². The molecule has 0 aliphatic heterocycles. The molecule has 0 amide bonds. The summed E-state index contributed by atoms with van der Waals surface area (Å²) >= 11 is 1.67. The molecule has 1 aliphatic rings. The molecule has 1 aromatic heterocycles. The van der Waals surface area contributed by atoms with E-state index in [1.54, 1.807) is 11.3 Å². The van der Waals surface area contributed by atoms with Gasteiger partial charge in [-0.15, -0.1) is 11.3 Å². The summed E-state index contributed by atoms with van der Waals surface area (Å²) in [6.07, 6.45) is 1.93. The third kappa shape index (κ3) is 1.08. The molecule has 1 aliphatic carbocycles. The van der Waals surface area contributed by atoms with Gasteiger partial charge in [0.25, 0.3) is 0 Å². The SMILES string of the molecule is Cc1nc(C2(C(C)O)CC2)cs1. The van der Waals surface area contributed by atoms with Gasteiger partial charge >= 0.3 is 0 Å². The number of nitrogens with zero attached hydrogens (tertiary/aromatic N) is 1. The molecule has 0 saturated heterocycles. The Hall–Kier alpha value is -0.410. The van der Waals surface area contributed by atoms with Crippen LogP contribution in [-0.4, -0.2) is 16.2 Å². The van der Waals surface area contributed by atoms with Gasteiger partial charge < -0.3 is 5.11 Å². The number of aryl methyl sites for hydroxylation is 1. The van der Waals surface area contributed by atoms with Gasteiger partial charge in [0.1, 0.15) is 0 Å². The number of rotatable bonds is 2. The summed E-state index contributed by atoms with van der Waals surface area (Å²) in [7, 11) is 0. The standard InChI is InChI=1S/C9H13NOS/c1-6(11)9(3-4-9)8-5-12-7(2)10-8/h5-6,11H,3-4H2,1-2H3. The molecule has 1 fully saturated rings. The van der Waals surface area contributed by atoms with Crippen molar-refractivity contribution in [1.29, 1.82) is 0 Å². The van der Waals surface area contributed by atoms with Crippen LogP contribution in [0.4, 0.5) is 0 Å². The second kappa shape index (κ2) is 2.54. The molecule has 2 rings (SSSR count). The molecule has 1 unspecified atom stereocenters. The van der Waals surface area contributed by atoms with Crippen LogP contribution in [0.15, 0.2) is 5.38 Å². The minimum Gasteiger partial charge on any atom is -0.392 e. The topological polar surface area (TPSA) is 33.1 Å². The van der Waals surface area contributed by atoms with E-state index in [0.717, 1.165) is 23.5 Å². The maximum Gasteiger partial charge on any atom is 0.0897 e. The van der Waals surface area contributed by atoms with Crippen molar-refractivity contribution >= 4 is 11.3 Å². The van der Waals surface area contributed by atoms with E-state index < -0.39 is 0 Å². The second-order valence-corrected chi connectivity index (χ2v) is 4.65. The monoisotopic (exact) mass is 183 g/mol. The van der Waals surface area contributed by atoms with E-state index in [-0.39, 0.29) is 11.5 Å². The lowest BCUT2D eigenvalue weighted by Gasteiger charge is -2.15. The molecule has 0 aromatic carbocycles.